The van der Waals surface area contributed by atoms with Gasteiger partial charge in [0, 0.05) is 0 Å². The maximum absolute atomic E-state index is 10.6. The Kier molecular flexibility index (Phi) is 3.41. The largest absolute Gasteiger partial charge is 0.314 e. The predicted octanol–water partition coefficient (Wildman–Crippen LogP) is -1.20. The minimum Gasteiger partial charge on any atom is -0.314 e. The molecule has 0 aliphatic heterocycles. The lowest BCUT2D eigenvalue weighted by Gasteiger charge is -2.23. The zero-order valence-electron chi connectivity index (χ0n) is 6.50. The highest BCUT2D eigenvalue weighted by Gasteiger charge is 2.53. The molecule has 0 radical (unpaired) electrons. The molecule has 0 aromatic heterocycles. The minimum absolute atomic E-state index is 0.763. The van der Waals surface area contributed by atoms with Gasteiger partial charge in [-0.25, -0.2) is 0 Å². The van der Waals surface area contributed by atoms with Crippen LogP contribution >= 0.6 is 0 Å². The first-order valence-corrected chi connectivity index (χ1v) is 5.85. The summed E-state index contributed by atoms with van der Waals surface area (Å²) in [4.78, 5) is 0. The maximum atomic E-state index is 10.6. The summed E-state index contributed by atoms with van der Waals surface area (Å²) in [7, 11) is -10.4. The Bertz CT molecular complexity index is 329. The van der Waals surface area contributed by atoms with Crippen molar-refractivity contribution in [3.63, 3.8) is 0 Å². The molecule has 0 aromatic carbocycles. The van der Waals surface area contributed by atoms with Crippen LogP contribution in [0.3, 0.4) is 0 Å². The highest BCUT2D eigenvalue weighted by Crippen LogP contribution is 2.22. The van der Waals surface area contributed by atoms with E-state index in [1.54, 1.807) is 0 Å². The maximum Gasteiger partial charge on any atom is 0.303 e. The van der Waals surface area contributed by atoms with Crippen molar-refractivity contribution >= 4 is 20.2 Å². The van der Waals surface area contributed by atoms with Crippen LogP contribution in [-0.2, 0) is 20.2 Å². The van der Waals surface area contributed by atoms with E-state index in [2.05, 4.69) is 0 Å². The van der Waals surface area contributed by atoms with Crippen LogP contribution in [0.4, 0.5) is 0 Å². The molecule has 13 heavy (non-hydrogen) atoms. The second kappa shape index (κ2) is 3.48. The highest BCUT2D eigenvalue weighted by molar-refractivity contribution is 8.05. The van der Waals surface area contributed by atoms with Crippen molar-refractivity contribution in [3.8, 4) is 0 Å². The first-order valence-electron chi connectivity index (χ1n) is 2.97. The molecule has 4 N–H and O–H groups in total. The van der Waals surface area contributed by atoms with Crippen LogP contribution < -0.4 is 5.48 Å². The van der Waals surface area contributed by atoms with Crippen molar-refractivity contribution < 1.29 is 31.1 Å². The van der Waals surface area contributed by atoms with Crippen molar-refractivity contribution in [2.45, 2.75) is 17.5 Å². The van der Waals surface area contributed by atoms with Crippen LogP contribution in [0.2, 0.25) is 0 Å². The van der Waals surface area contributed by atoms with Gasteiger partial charge in [0.05, 0.1) is 0 Å². The van der Waals surface area contributed by atoms with E-state index in [1.807, 2.05) is 0 Å². The van der Waals surface area contributed by atoms with Gasteiger partial charge in [0.15, 0.2) is 0 Å². The monoisotopic (exact) mass is 235 g/mol. The van der Waals surface area contributed by atoms with Crippen LogP contribution in [0.25, 0.3) is 0 Å². The van der Waals surface area contributed by atoms with Crippen molar-refractivity contribution in [2.75, 3.05) is 0 Å². The van der Waals surface area contributed by atoms with Gasteiger partial charge in [0.1, 0.15) is 0 Å². The van der Waals surface area contributed by atoms with Crippen LogP contribution in [0, 0.1) is 0 Å². The quantitative estimate of drug-likeness (QED) is 0.352. The standard InChI is InChI=1S/C3H9NO7S2/c1-2-3(4-5,12(6,7)8)13(9,10)11/h4-5H,2H2,1H3,(H,6,7,8)(H,9,10,11). The molecule has 8 nitrogen and oxygen atoms in total. The van der Waals surface area contributed by atoms with Gasteiger partial charge in [-0.1, -0.05) is 6.92 Å². The summed E-state index contributed by atoms with van der Waals surface area (Å²) in [5.41, 5.74) is 0.869. The van der Waals surface area contributed by atoms with E-state index < -0.39 is 30.9 Å². The normalized spacial score (nSPS) is 14.5. The first-order chi connectivity index (χ1) is 5.62. The number of hydrogen-bond donors (Lipinski definition) is 4. The van der Waals surface area contributed by atoms with Crippen molar-refractivity contribution in [1.82, 2.24) is 5.48 Å². The van der Waals surface area contributed by atoms with Gasteiger partial charge in [-0.05, 0) is 6.42 Å². The molecule has 0 bridgehead atoms. The van der Waals surface area contributed by atoms with Gasteiger partial charge < -0.3 is 5.21 Å². The van der Waals surface area contributed by atoms with Gasteiger partial charge in [-0.2, -0.15) is 22.3 Å². The molecule has 0 unspecified atom stereocenters. The van der Waals surface area contributed by atoms with E-state index >= 15 is 0 Å². The smallest absolute Gasteiger partial charge is 0.303 e. The van der Waals surface area contributed by atoms with Crippen LogP contribution in [0.5, 0.6) is 0 Å². The zero-order chi connectivity index (χ0) is 10.9. The molecule has 0 aromatic rings. The van der Waals surface area contributed by atoms with Crippen LogP contribution in [0.15, 0.2) is 0 Å². The lowest BCUT2D eigenvalue weighted by Crippen LogP contribution is -2.55. The number of hydroxylamine groups is 1. The lowest BCUT2D eigenvalue weighted by molar-refractivity contribution is 0.127. The SMILES string of the molecule is CCC(NO)(S(=O)(=O)O)S(=O)(=O)O. The van der Waals surface area contributed by atoms with E-state index in [4.69, 9.17) is 14.3 Å². The van der Waals surface area contributed by atoms with E-state index in [1.165, 1.54) is 0 Å². The Labute approximate surface area is 75.0 Å². The minimum atomic E-state index is -5.18. The summed E-state index contributed by atoms with van der Waals surface area (Å²) >= 11 is 0. The van der Waals surface area contributed by atoms with E-state index in [0.29, 0.717) is 0 Å². The molecule has 0 atom stereocenters. The van der Waals surface area contributed by atoms with E-state index in [-0.39, 0.29) is 0 Å². The molecular weight excluding hydrogens is 226 g/mol. The molecule has 0 spiro atoms. The van der Waals surface area contributed by atoms with Crippen LogP contribution in [-0.4, -0.2) is 35.4 Å². The van der Waals surface area contributed by atoms with Crippen molar-refractivity contribution in [3.05, 3.63) is 0 Å². The van der Waals surface area contributed by atoms with E-state index in [0.717, 1.165) is 12.4 Å². The van der Waals surface area contributed by atoms with Crippen molar-refractivity contribution in [1.29, 1.82) is 0 Å². The fraction of sp³-hybridized carbons (Fsp3) is 1.00. The fourth-order valence-electron chi connectivity index (χ4n) is 0.692. The summed E-state index contributed by atoms with van der Waals surface area (Å²) in [6.45, 7) is 1.03. The van der Waals surface area contributed by atoms with Gasteiger partial charge in [-0.15, -0.1) is 0 Å². The average molecular weight is 235 g/mol. The molecule has 80 valence electrons. The number of rotatable bonds is 4. The Hall–Kier alpha value is -0.260. The highest BCUT2D eigenvalue weighted by atomic mass is 32.3. The molecule has 0 aliphatic rings. The molecule has 0 saturated heterocycles. The number of hydrogen-bond acceptors (Lipinski definition) is 6. The zero-order valence-corrected chi connectivity index (χ0v) is 8.13. The fourth-order valence-corrected chi connectivity index (χ4v) is 2.72. The molecule has 0 amide bonds. The Morgan fingerprint density at radius 1 is 1.15 bits per heavy atom. The first kappa shape index (κ1) is 12.7. The van der Waals surface area contributed by atoms with Gasteiger partial charge in [0.2, 0.25) is 0 Å². The summed E-state index contributed by atoms with van der Waals surface area (Å²) in [5.74, 6) is 0. The predicted molar refractivity (Wildman–Crippen MR) is 41.0 cm³/mol. The third-order valence-electron chi connectivity index (χ3n) is 1.47. The Balaban J connectivity index is 5.75. The molecule has 0 saturated carbocycles. The van der Waals surface area contributed by atoms with Crippen LogP contribution in [0.1, 0.15) is 13.3 Å². The van der Waals surface area contributed by atoms with Gasteiger partial charge in [0.25, 0.3) is 4.20 Å². The van der Waals surface area contributed by atoms with E-state index in [9.17, 15) is 16.8 Å². The molecule has 0 fully saturated rings. The van der Waals surface area contributed by atoms with Gasteiger partial charge in [-0.3, -0.25) is 9.11 Å². The molecule has 0 rings (SSSR count). The third-order valence-corrected chi connectivity index (χ3v) is 5.16. The average Bonchev–Trinajstić information content (AvgIpc) is 1.84. The molecule has 10 heteroatoms. The summed E-state index contributed by atoms with van der Waals surface area (Å²) in [6.07, 6.45) is -0.763. The van der Waals surface area contributed by atoms with Crippen molar-refractivity contribution in [2.24, 2.45) is 0 Å². The molecular formula is C3H9NO7S2. The summed E-state index contributed by atoms with van der Waals surface area (Å²) in [5, 5.41) is 8.32. The third kappa shape index (κ3) is 1.98. The molecule has 0 heterocycles. The second-order valence-corrected chi connectivity index (χ2v) is 5.72. The van der Waals surface area contributed by atoms with Gasteiger partial charge >= 0.3 is 20.2 Å². The Morgan fingerprint density at radius 2 is 1.46 bits per heavy atom. The molecule has 0 aliphatic carbocycles. The summed E-state index contributed by atoms with van der Waals surface area (Å²) in [6, 6.07) is 0. The number of nitrogens with one attached hydrogen (secondary N) is 1. The topological polar surface area (TPSA) is 141 Å². The summed E-state index contributed by atoms with van der Waals surface area (Å²) < 4.78 is 56.0. The lowest BCUT2D eigenvalue weighted by atomic mass is 10.5. The Morgan fingerprint density at radius 3 is 1.46 bits per heavy atom. The second-order valence-electron chi connectivity index (χ2n) is 2.17.